The van der Waals surface area contributed by atoms with Crippen LogP contribution in [0.25, 0.3) is 5.69 Å². The van der Waals surface area contributed by atoms with Crippen molar-refractivity contribution in [2.45, 2.75) is 57.1 Å². The summed E-state index contributed by atoms with van der Waals surface area (Å²) in [5.41, 5.74) is 1.03. The number of nitrogens with one attached hydrogen (secondary N) is 1. The van der Waals surface area contributed by atoms with Crippen LogP contribution in [-0.2, 0) is 4.79 Å². The van der Waals surface area contributed by atoms with E-state index in [-0.39, 0.29) is 17.4 Å². The molecule has 2 aromatic rings. The van der Waals surface area contributed by atoms with Crippen LogP contribution in [0.15, 0.2) is 36.9 Å². The summed E-state index contributed by atoms with van der Waals surface area (Å²) < 4.78 is 1.71. The zero-order valence-electron chi connectivity index (χ0n) is 15.6. The van der Waals surface area contributed by atoms with Crippen LogP contribution in [0.4, 0.5) is 0 Å². The molecule has 0 saturated heterocycles. The molecule has 0 aliphatic heterocycles. The monoisotopic (exact) mass is 366 g/mol. The van der Waals surface area contributed by atoms with Gasteiger partial charge >= 0.3 is 0 Å². The largest absolute Gasteiger partial charge is 0.390 e. The van der Waals surface area contributed by atoms with Gasteiger partial charge in [-0.25, -0.2) is 9.67 Å². The molecule has 1 amide bonds. The first-order chi connectivity index (χ1) is 12.9. The van der Waals surface area contributed by atoms with Crippen molar-refractivity contribution in [3.63, 3.8) is 0 Å². The molecule has 3 unspecified atom stereocenters. The molecule has 4 saturated carbocycles. The molecule has 6 nitrogen and oxygen atoms in total. The average Bonchev–Trinajstić information content (AvgIpc) is 3.14. The lowest BCUT2D eigenvalue weighted by atomic mass is 9.47. The van der Waals surface area contributed by atoms with Gasteiger partial charge in [0.05, 0.1) is 22.7 Å². The van der Waals surface area contributed by atoms with Gasteiger partial charge in [-0.3, -0.25) is 4.79 Å². The summed E-state index contributed by atoms with van der Waals surface area (Å²) in [4.78, 5) is 17.2. The Balaban J connectivity index is 1.31. The predicted octanol–water partition coefficient (Wildman–Crippen LogP) is 2.78. The first-order valence-electron chi connectivity index (χ1n) is 9.93. The van der Waals surface area contributed by atoms with Crippen molar-refractivity contribution < 1.29 is 9.90 Å². The van der Waals surface area contributed by atoms with E-state index in [1.54, 1.807) is 11.0 Å². The smallest absolute Gasteiger partial charge is 0.226 e. The predicted molar refractivity (Wildman–Crippen MR) is 100.0 cm³/mol. The van der Waals surface area contributed by atoms with Crippen molar-refractivity contribution in [1.29, 1.82) is 0 Å². The Hall–Kier alpha value is -2.21. The SMILES string of the molecule is CC(NC(=O)C12CC3CC(CC(O)(C3)C1)C2)c1ccc(-n2cncn2)cc1. The number of hydrogen-bond acceptors (Lipinski definition) is 4. The summed E-state index contributed by atoms with van der Waals surface area (Å²) in [6.45, 7) is 2.03. The van der Waals surface area contributed by atoms with Crippen LogP contribution in [0.1, 0.15) is 57.1 Å². The first kappa shape index (κ1) is 16.9. The van der Waals surface area contributed by atoms with Gasteiger partial charge in [0, 0.05) is 0 Å². The molecule has 142 valence electrons. The third kappa shape index (κ3) is 2.87. The van der Waals surface area contributed by atoms with E-state index in [0.29, 0.717) is 18.3 Å². The number of rotatable bonds is 4. The average molecular weight is 366 g/mol. The van der Waals surface area contributed by atoms with Crippen LogP contribution < -0.4 is 5.32 Å². The number of carbonyl (C=O) groups is 1. The summed E-state index contributed by atoms with van der Waals surface area (Å²) in [6.07, 6.45) is 8.66. The summed E-state index contributed by atoms with van der Waals surface area (Å²) in [7, 11) is 0. The zero-order chi connectivity index (χ0) is 18.6. The van der Waals surface area contributed by atoms with Crippen molar-refractivity contribution >= 4 is 5.91 Å². The van der Waals surface area contributed by atoms with Crippen molar-refractivity contribution in [2.75, 3.05) is 0 Å². The molecular formula is C21H26N4O2. The first-order valence-corrected chi connectivity index (χ1v) is 9.93. The number of aromatic nitrogens is 3. The second kappa shape index (κ2) is 5.89. The molecule has 4 aliphatic rings. The van der Waals surface area contributed by atoms with Gasteiger partial charge in [-0.05, 0) is 75.0 Å². The zero-order valence-corrected chi connectivity index (χ0v) is 15.6. The summed E-state index contributed by atoms with van der Waals surface area (Å²) in [5, 5.41) is 18.3. The third-order valence-electron chi connectivity index (χ3n) is 6.94. The second-order valence-electron chi connectivity index (χ2n) is 9.09. The van der Waals surface area contributed by atoms with Crippen LogP contribution in [0.5, 0.6) is 0 Å². The van der Waals surface area contributed by atoms with E-state index in [2.05, 4.69) is 15.4 Å². The molecule has 4 bridgehead atoms. The van der Waals surface area contributed by atoms with Crippen LogP contribution in [0.2, 0.25) is 0 Å². The highest BCUT2D eigenvalue weighted by molar-refractivity contribution is 5.83. The van der Waals surface area contributed by atoms with E-state index in [0.717, 1.165) is 36.9 Å². The minimum absolute atomic E-state index is 0.0649. The number of benzene rings is 1. The van der Waals surface area contributed by atoms with Gasteiger partial charge in [0.25, 0.3) is 0 Å². The number of hydrogen-bond donors (Lipinski definition) is 2. The molecule has 6 heteroatoms. The normalized spacial score (nSPS) is 35.2. The molecule has 0 spiro atoms. The van der Waals surface area contributed by atoms with Crippen LogP contribution in [0, 0.1) is 17.3 Å². The maximum absolute atomic E-state index is 13.2. The van der Waals surface area contributed by atoms with E-state index in [9.17, 15) is 9.90 Å². The molecule has 3 atom stereocenters. The van der Waals surface area contributed by atoms with E-state index in [4.69, 9.17) is 0 Å². The van der Waals surface area contributed by atoms with Gasteiger partial charge < -0.3 is 10.4 Å². The lowest BCUT2D eigenvalue weighted by Crippen LogP contribution is -2.60. The summed E-state index contributed by atoms with van der Waals surface area (Å²) in [6, 6.07) is 7.95. The molecule has 1 aromatic carbocycles. The Kier molecular flexibility index (Phi) is 3.69. The molecular weight excluding hydrogens is 340 g/mol. The maximum Gasteiger partial charge on any atom is 0.226 e. The molecule has 2 N–H and O–H groups in total. The number of carbonyl (C=O) groups excluding carboxylic acids is 1. The number of amides is 1. The van der Waals surface area contributed by atoms with E-state index < -0.39 is 5.60 Å². The fraction of sp³-hybridized carbons (Fsp3) is 0.571. The Labute approximate surface area is 159 Å². The lowest BCUT2D eigenvalue weighted by molar-refractivity contribution is -0.178. The Morgan fingerprint density at radius 3 is 2.52 bits per heavy atom. The van der Waals surface area contributed by atoms with Crippen molar-refractivity contribution in [1.82, 2.24) is 20.1 Å². The van der Waals surface area contributed by atoms with Crippen LogP contribution >= 0.6 is 0 Å². The van der Waals surface area contributed by atoms with Crippen LogP contribution in [0.3, 0.4) is 0 Å². The second-order valence-corrected chi connectivity index (χ2v) is 9.09. The highest BCUT2D eigenvalue weighted by atomic mass is 16.3. The van der Waals surface area contributed by atoms with Gasteiger partial charge in [-0.15, -0.1) is 0 Å². The molecule has 27 heavy (non-hydrogen) atoms. The summed E-state index contributed by atoms with van der Waals surface area (Å²) >= 11 is 0. The third-order valence-corrected chi connectivity index (χ3v) is 6.94. The highest BCUT2D eigenvalue weighted by Gasteiger charge is 2.60. The quantitative estimate of drug-likeness (QED) is 0.872. The maximum atomic E-state index is 13.2. The summed E-state index contributed by atoms with van der Waals surface area (Å²) in [5.74, 6) is 1.15. The van der Waals surface area contributed by atoms with Crippen LogP contribution in [-0.4, -0.2) is 31.4 Å². The molecule has 4 fully saturated rings. The van der Waals surface area contributed by atoms with Crippen molar-refractivity contribution in [3.05, 3.63) is 42.5 Å². The minimum Gasteiger partial charge on any atom is -0.390 e. The number of nitrogens with zero attached hydrogens (tertiary/aromatic N) is 3. The lowest BCUT2D eigenvalue weighted by Gasteiger charge is -2.59. The van der Waals surface area contributed by atoms with Gasteiger partial charge in [0.2, 0.25) is 5.91 Å². The minimum atomic E-state index is -0.607. The molecule has 1 heterocycles. The standard InChI is InChI=1S/C21H26N4O2/c1-14(17-2-4-18(5-3-17)25-13-22-12-23-25)24-19(26)20-7-15-6-16(8-20)10-21(27,9-15)11-20/h2-5,12-16,27H,6-11H2,1H3,(H,24,26). The van der Waals surface area contributed by atoms with E-state index in [1.165, 1.54) is 12.7 Å². The van der Waals surface area contributed by atoms with Crippen molar-refractivity contribution in [2.24, 2.45) is 17.3 Å². The van der Waals surface area contributed by atoms with Gasteiger partial charge in [0.15, 0.2) is 0 Å². The van der Waals surface area contributed by atoms with Gasteiger partial charge in [-0.1, -0.05) is 12.1 Å². The molecule has 0 radical (unpaired) electrons. The molecule has 1 aromatic heterocycles. The van der Waals surface area contributed by atoms with Gasteiger partial charge in [0.1, 0.15) is 12.7 Å². The van der Waals surface area contributed by atoms with E-state index in [1.807, 2.05) is 31.2 Å². The topological polar surface area (TPSA) is 80.0 Å². The molecule has 4 aliphatic carbocycles. The Morgan fingerprint density at radius 1 is 1.22 bits per heavy atom. The van der Waals surface area contributed by atoms with E-state index >= 15 is 0 Å². The fourth-order valence-corrected chi connectivity index (χ4v) is 6.17. The Bertz CT molecular complexity index is 832. The number of aliphatic hydroxyl groups is 1. The molecule has 6 rings (SSSR count). The van der Waals surface area contributed by atoms with Gasteiger partial charge in [-0.2, -0.15) is 5.10 Å². The van der Waals surface area contributed by atoms with Crippen molar-refractivity contribution in [3.8, 4) is 5.69 Å². The fourth-order valence-electron chi connectivity index (χ4n) is 6.17. The highest BCUT2D eigenvalue weighted by Crippen LogP contribution is 2.61. The Morgan fingerprint density at radius 2 is 1.93 bits per heavy atom.